The number of carbonyl (C=O) groups is 4. The van der Waals surface area contributed by atoms with E-state index in [1.54, 1.807) is 55.6 Å². The second-order valence-electron chi connectivity index (χ2n) is 9.01. The number of hydrogen-bond donors (Lipinski definition) is 5. The molecule has 262 valence electrons. The topological polar surface area (TPSA) is 179 Å². The molecule has 0 atom stereocenters. The van der Waals surface area contributed by atoms with E-state index in [9.17, 15) is 19.2 Å². The summed E-state index contributed by atoms with van der Waals surface area (Å²) in [4.78, 5) is 42.5. The standard InChI is InChI=1S/C7H8O2.C6Cl4O2.C6H6O2.C6H4O2.C6H6O.C4H10O/c1-9-7-4-2-6(8)3-5-7;7-1-2(8)6(12)4(10)3(9)5(1)11;2*7-5-1-2-6(8)4-3-5;7-6-4-2-1-3-5-6;1-2-3-4-5/h2-5,8H,1H3;;1-4,7-8H;1-4H;1-5,7H;5H,2-4H2,1H3. The first-order chi connectivity index (χ1) is 23.2. The van der Waals surface area contributed by atoms with Crippen molar-refractivity contribution in [2.75, 3.05) is 13.7 Å². The summed E-state index contributed by atoms with van der Waals surface area (Å²) in [5.41, 5.74) is 0. The normalized spacial score (nSPS) is 12.8. The van der Waals surface area contributed by atoms with Gasteiger partial charge in [-0.25, -0.2) is 0 Å². The fourth-order valence-corrected chi connectivity index (χ4v) is 3.47. The van der Waals surface area contributed by atoms with Crippen LogP contribution in [0.1, 0.15) is 19.8 Å². The number of aliphatic hydroxyl groups excluding tert-OH is 1. The van der Waals surface area contributed by atoms with Crippen molar-refractivity contribution < 1.29 is 49.4 Å². The molecule has 0 radical (unpaired) electrons. The number of methoxy groups -OCH3 is 1. The number of hydrogen-bond acceptors (Lipinski definition) is 10. The lowest BCUT2D eigenvalue weighted by Gasteiger charge is -2.08. The van der Waals surface area contributed by atoms with E-state index in [0.717, 1.165) is 18.6 Å². The van der Waals surface area contributed by atoms with Crippen LogP contribution in [0.25, 0.3) is 0 Å². The Morgan fingerprint density at radius 1 is 0.531 bits per heavy atom. The highest BCUT2D eigenvalue weighted by molar-refractivity contribution is 6.69. The van der Waals surface area contributed by atoms with Crippen LogP contribution in [0.2, 0.25) is 0 Å². The molecule has 3 aromatic carbocycles. The summed E-state index contributed by atoms with van der Waals surface area (Å²) in [6.07, 6.45) is 7.05. The number of unbranched alkanes of at least 4 members (excludes halogenated alkanes) is 1. The maximum absolute atomic E-state index is 11.0. The van der Waals surface area contributed by atoms with Gasteiger partial charge in [-0.15, -0.1) is 0 Å². The molecule has 10 nitrogen and oxygen atoms in total. The van der Waals surface area contributed by atoms with Gasteiger partial charge in [0.2, 0.25) is 11.6 Å². The molecule has 14 heteroatoms. The summed E-state index contributed by atoms with van der Waals surface area (Å²) in [7, 11) is 1.59. The molecule has 5 rings (SSSR count). The molecule has 0 saturated heterocycles. The number of rotatable bonds is 3. The van der Waals surface area contributed by atoms with Crippen LogP contribution in [0.5, 0.6) is 28.7 Å². The van der Waals surface area contributed by atoms with Crippen LogP contribution in [0.3, 0.4) is 0 Å². The van der Waals surface area contributed by atoms with Crippen molar-refractivity contribution in [2.45, 2.75) is 19.8 Å². The summed E-state index contributed by atoms with van der Waals surface area (Å²) < 4.78 is 4.86. The molecule has 0 amide bonds. The molecule has 0 spiro atoms. The zero-order chi connectivity index (χ0) is 37.4. The molecule has 2 aliphatic rings. The second-order valence-corrected chi connectivity index (χ2v) is 10.5. The highest BCUT2D eigenvalue weighted by Gasteiger charge is 2.31. The van der Waals surface area contributed by atoms with Gasteiger partial charge in [-0.3, -0.25) is 19.2 Å². The van der Waals surface area contributed by atoms with Crippen LogP contribution in [-0.2, 0) is 19.2 Å². The van der Waals surface area contributed by atoms with Crippen molar-refractivity contribution >= 4 is 69.5 Å². The largest absolute Gasteiger partial charge is 0.508 e. The number of phenols is 4. The van der Waals surface area contributed by atoms with Gasteiger partial charge in [0.05, 0.1) is 7.11 Å². The number of allylic oxidation sites excluding steroid dienone is 8. The Morgan fingerprint density at radius 3 is 1.06 bits per heavy atom. The van der Waals surface area contributed by atoms with Crippen LogP contribution >= 0.6 is 46.4 Å². The summed E-state index contributed by atoms with van der Waals surface area (Å²) in [5, 5.41) is 41.2. The number of aromatic hydroxyl groups is 4. The van der Waals surface area contributed by atoms with Crippen LogP contribution in [-0.4, -0.2) is 62.4 Å². The Hall–Kier alpha value is -4.58. The summed E-state index contributed by atoms with van der Waals surface area (Å²) in [5.74, 6) is -0.0215. The first kappa shape index (κ1) is 44.4. The first-order valence-corrected chi connectivity index (χ1v) is 15.5. The van der Waals surface area contributed by atoms with Crippen molar-refractivity contribution in [1.29, 1.82) is 0 Å². The minimum absolute atomic E-state index is 0.121. The molecule has 0 unspecified atom stereocenters. The zero-order valence-electron chi connectivity index (χ0n) is 26.2. The Balaban J connectivity index is 0.000000575. The highest BCUT2D eigenvalue weighted by Crippen LogP contribution is 2.32. The molecule has 0 aromatic heterocycles. The Labute approximate surface area is 303 Å². The number of para-hydroxylation sites is 1. The molecular weight excluding hydrogens is 722 g/mol. The maximum atomic E-state index is 11.0. The molecule has 0 heterocycles. The van der Waals surface area contributed by atoms with Gasteiger partial charge in [0, 0.05) is 6.61 Å². The third-order valence-electron chi connectivity index (χ3n) is 5.20. The Kier molecular flexibility index (Phi) is 23.1. The van der Waals surface area contributed by atoms with Crippen molar-refractivity contribution in [3.05, 3.63) is 123 Å². The van der Waals surface area contributed by atoms with Crippen molar-refractivity contribution in [3.63, 3.8) is 0 Å². The van der Waals surface area contributed by atoms with Crippen LogP contribution in [0.4, 0.5) is 0 Å². The lowest BCUT2D eigenvalue weighted by atomic mass is 10.1. The monoisotopic (exact) mass is 754 g/mol. The van der Waals surface area contributed by atoms with E-state index in [4.69, 9.17) is 76.7 Å². The maximum Gasteiger partial charge on any atom is 0.219 e. The number of ether oxygens (including phenoxy) is 1. The lowest BCUT2D eigenvalue weighted by Crippen LogP contribution is -2.14. The van der Waals surface area contributed by atoms with Crippen molar-refractivity contribution in [3.8, 4) is 28.7 Å². The van der Waals surface area contributed by atoms with E-state index in [1.165, 1.54) is 48.6 Å². The van der Waals surface area contributed by atoms with Gasteiger partial charge in [0.25, 0.3) is 0 Å². The van der Waals surface area contributed by atoms with Gasteiger partial charge >= 0.3 is 0 Å². The van der Waals surface area contributed by atoms with E-state index in [0.29, 0.717) is 12.4 Å². The Bertz CT molecular complexity index is 1490. The number of ketones is 4. The van der Waals surface area contributed by atoms with Gasteiger partial charge < -0.3 is 30.3 Å². The SMILES string of the molecule is CCCCO.COc1ccc(O)cc1.O=C1C(Cl)=C(Cl)C(=O)C(Cl)=C1Cl.O=C1C=CC(=O)C=C1.Oc1ccc(O)cc1.Oc1ccccc1. The van der Waals surface area contributed by atoms with E-state index >= 15 is 0 Å². The molecule has 0 bridgehead atoms. The number of halogens is 4. The van der Waals surface area contributed by atoms with Crippen molar-refractivity contribution in [2.24, 2.45) is 0 Å². The minimum Gasteiger partial charge on any atom is -0.508 e. The minimum atomic E-state index is -0.729. The lowest BCUT2D eigenvalue weighted by molar-refractivity contribution is -0.114. The van der Waals surface area contributed by atoms with Gasteiger partial charge in [-0.05, 0) is 91.4 Å². The second kappa shape index (κ2) is 25.4. The smallest absolute Gasteiger partial charge is 0.219 e. The third kappa shape index (κ3) is 19.7. The van der Waals surface area contributed by atoms with E-state index < -0.39 is 31.7 Å². The third-order valence-corrected chi connectivity index (χ3v) is 6.83. The quantitative estimate of drug-likeness (QED) is 0.133. The van der Waals surface area contributed by atoms with Crippen LogP contribution in [0.15, 0.2) is 123 Å². The summed E-state index contributed by atoms with van der Waals surface area (Å²) in [6, 6.07) is 21.0. The van der Waals surface area contributed by atoms with E-state index in [1.807, 2.05) is 6.07 Å². The van der Waals surface area contributed by atoms with Crippen molar-refractivity contribution in [1.82, 2.24) is 0 Å². The number of aliphatic hydroxyl groups is 1. The predicted octanol–water partition coefficient (Wildman–Crippen LogP) is 7.44. The molecule has 0 saturated carbocycles. The van der Waals surface area contributed by atoms with E-state index in [2.05, 4.69) is 6.92 Å². The molecule has 5 N–H and O–H groups in total. The predicted molar refractivity (Wildman–Crippen MR) is 190 cm³/mol. The molecular formula is C35H34Cl4O10. The van der Waals surface area contributed by atoms with Gasteiger partial charge in [-0.1, -0.05) is 77.9 Å². The highest BCUT2D eigenvalue weighted by atomic mass is 35.5. The number of phenolic OH excluding ortho intramolecular Hbond substituents is 4. The zero-order valence-corrected chi connectivity index (χ0v) is 29.2. The molecule has 0 fully saturated rings. The fraction of sp³-hybridized carbons (Fsp3) is 0.143. The molecule has 49 heavy (non-hydrogen) atoms. The van der Waals surface area contributed by atoms with Crippen LogP contribution < -0.4 is 4.74 Å². The van der Waals surface area contributed by atoms with Gasteiger partial charge in [0.15, 0.2) is 11.6 Å². The fourth-order valence-electron chi connectivity index (χ4n) is 2.65. The number of benzene rings is 3. The van der Waals surface area contributed by atoms with Gasteiger partial charge in [-0.2, -0.15) is 0 Å². The summed E-state index contributed by atoms with van der Waals surface area (Å²) in [6.45, 7) is 2.40. The number of Topliss-reactive ketones (excluding diaryl/α,β-unsaturated/α-hetero) is 2. The average molecular weight is 756 g/mol. The van der Waals surface area contributed by atoms with E-state index in [-0.39, 0.29) is 28.8 Å². The number of carbonyl (C=O) groups excluding carboxylic acids is 4. The summed E-state index contributed by atoms with van der Waals surface area (Å²) >= 11 is 21.5. The molecule has 3 aromatic rings. The van der Waals surface area contributed by atoms with Crippen LogP contribution in [0, 0.1) is 0 Å². The van der Waals surface area contributed by atoms with Gasteiger partial charge in [0.1, 0.15) is 48.9 Å². The molecule has 0 aliphatic heterocycles. The molecule has 2 aliphatic carbocycles. The average Bonchev–Trinajstić information content (AvgIpc) is 3.11. The Morgan fingerprint density at radius 2 is 0.837 bits per heavy atom. The first-order valence-electron chi connectivity index (χ1n) is 14.0.